The first-order chi connectivity index (χ1) is 3.80. The van der Waals surface area contributed by atoms with Crippen molar-refractivity contribution in [2.45, 2.75) is 25.6 Å². The molecular formula is C5H9FNSi. The minimum absolute atomic E-state index is 0.684. The molecule has 0 amide bonds. The molecule has 0 aromatic carbocycles. The standard InChI is InChI=1S/C5H9FNSi/c6-5-3-1-2-4-7(5)8/h5H,1-4H2. The van der Waals surface area contributed by atoms with Crippen molar-refractivity contribution < 1.29 is 4.39 Å². The van der Waals surface area contributed by atoms with Gasteiger partial charge in [-0.25, -0.2) is 4.39 Å². The summed E-state index contributed by atoms with van der Waals surface area (Å²) in [6.45, 7) is 0.845. The third-order valence-electron chi connectivity index (χ3n) is 1.43. The Bertz CT molecular complexity index is 68.8. The largest absolute Gasteiger partial charge is 0.299 e. The fourth-order valence-corrected chi connectivity index (χ4v) is 1.18. The van der Waals surface area contributed by atoms with Gasteiger partial charge in [-0.2, -0.15) is 0 Å². The second-order valence-corrected chi connectivity index (χ2v) is 2.70. The maximum absolute atomic E-state index is 12.5. The van der Waals surface area contributed by atoms with Gasteiger partial charge >= 0.3 is 0 Å². The maximum Gasteiger partial charge on any atom is 0.147 e. The molecule has 1 fully saturated rings. The second-order valence-electron chi connectivity index (χ2n) is 2.12. The van der Waals surface area contributed by atoms with Gasteiger partial charge < -0.3 is 0 Å². The van der Waals surface area contributed by atoms with Crippen LogP contribution in [0.25, 0.3) is 0 Å². The summed E-state index contributed by atoms with van der Waals surface area (Å²) >= 11 is 0. The van der Waals surface area contributed by atoms with Crippen LogP contribution in [-0.4, -0.2) is 27.8 Å². The number of nitrogens with zero attached hydrogens (tertiary/aromatic N) is 1. The highest BCUT2D eigenvalue weighted by Gasteiger charge is 2.16. The number of alkyl halides is 1. The Morgan fingerprint density at radius 3 is 2.62 bits per heavy atom. The Balaban J connectivity index is 2.28. The van der Waals surface area contributed by atoms with Crippen LogP contribution in [0.1, 0.15) is 19.3 Å². The molecule has 0 saturated carbocycles. The Hall–Kier alpha value is 0.107. The van der Waals surface area contributed by atoms with Crippen LogP contribution in [0.2, 0.25) is 0 Å². The lowest BCUT2D eigenvalue weighted by atomic mass is 10.2. The normalized spacial score (nSPS) is 33.0. The Kier molecular flexibility index (Phi) is 2.02. The van der Waals surface area contributed by atoms with E-state index >= 15 is 0 Å². The Morgan fingerprint density at radius 2 is 2.25 bits per heavy atom. The van der Waals surface area contributed by atoms with Gasteiger partial charge in [-0.1, -0.05) is 0 Å². The van der Waals surface area contributed by atoms with Crippen molar-refractivity contribution in [1.82, 2.24) is 4.57 Å². The monoisotopic (exact) mass is 130 g/mol. The zero-order valence-electron chi connectivity index (χ0n) is 4.73. The SMILES string of the molecule is FC1CCCCN1[Si]. The molecule has 0 bridgehead atoms. The van der Waals surface area contributed by atoms with E-state index in [1.807, 2.05) is 0 Å². The molecule has 0 aromatic heterocycles. The van der Waals surface area contributed by atoms with Crippen LogP contribution in [0.4, 0.5) is 4.39 Å². The van der Waals surface area contributed by atoms with Crippen molar-refractivity contribution >= 4 is 10.4 Å². The van der Waals surface area contributed by atoms with Gasteiger partial charge in [-0.15, -0.1) is 0 Å². The van der Waals surface area contributed by atoms with E-state index in [4.69, 9.17) is 0 Å². The predicted molar refractivity (Wildman–Crippen MR) is 31.2 cm³/mol. The Labute approximate surface area is 52.4 Å². The topological polar surface area (TPSA) is 3.24 Å². The first-order valence-corrected chi connectivity index (χ1v) is 3.37. The highest BCUT2D eigenvalue weighted by molar-refractivity contribution is 6.04. The van der Waals surface area contributed by atoms with E-state index in [-0.39, 0.29) is 0 Å². The van der Waals surface area contributed by atoms with Gasteiger partial charge in [0.05, 0.1) is 0 Å². The average Bonchev–Trinajstić information content (AvgIpc) is 1.77. The molecule has 3 radical (unpaired) electrons. The maximum atomic E-state index is 12.5. The lowest BCUT2D eigenvalue weighted by Gasteiger charge is -2.25. The zero-order valence-corrected chi connectivity index (χ0v) is 5.73. The molecule has 45 valence electrons. The van der Waals surface area contributed by atoms with Crippen LogP contribution >= 0.6 is 0 Å². The first kappa shape index (κ1) is 6.23. The fraction of sp³-hybridized carbons (Fsp3) is 1.00. The van der Waals surface area contributed by atoms with Gasteiger partial charge in [-0.3, -0.25) is 4.57 Å². The predicted octanol–water partition coefficient (Wildman–Crippen LogP) is 0.851. The van der Waals surface area contributed by atoms with E-state index in [1.54, 1.807) is 4.57 Å². The van der Waals surface area contributed by atoms with E-state index < -0.39 is 6.30 Å². The molecule has 3 heteroatoms. The molecule has 1 unspecified atom stereocenters. The second kappa shape index (κ2) is 2.59. The molecule has 0 aliphatic carbocycles. The van der Waals surface area contributed by atoms with Crippen molar-refractivity contribution in [2.75, 3.05) is 6.54 Å². The molecule has 1 heterocycles. The third kappa shape index (κ3) is 1.29. The summed E-state index contributed by atoms with van der Waals surface area (Å²) in [7, 11) is 3.16. The number of halogens is 1. The van der Waals surface area contributed by atoms with E-state index in [1.165, 1.54) is 0 Å². The lowest BCUT2D eigenvalue weighted by Crippen LogP contribution is -2.33. The number of hydrogen-bond donors (Lipinski definition) is 0. The molecule has 0 spiro atoms. The fourth-order valence-electron chi connectivity index (χ4n) is 0.891. The minimum Gasteiger partial charge on any atom is -0.299 e. The molecular weight excluding hydrogens is 121 g/mol. The number of piperidine rings is 1. The van der Waals surface area contributed by atoms with E-state index in [0.29, 0.717) is 6.42 Å². The summed E-state index contributed by atoms with van der Waals surface area (Å²) < 4.78 is 14.0. The molecule has 1 aliphatic rings. The van der Waals surface area contributed by atoms with Crippen LogP contribution in [0.5, 0.6) is 0 Å². The third-order valence-corrected chi connectivity index (χ3v) is 1.93. The molecule has 0 aromatic rings. The van der Waals surface area contributed by atoms with Crippen molar-refractivity contribution in [1.29, 1.82) is 0 Å². The van der Waals surface area contributed by atoms with Crippen molar-refractivity contribution in [2.24, 2.45) is 0 Å². The summed E-state index contributed by atoms with van der Waals surface area (Å²) in [6.07, 6.45) is 2.08. The molecule has 1 atom stereocenters. The van der Waals surface area contributed by atoms with Crippen LogP contribution in [0.3, 0.4) is 0 Å². The molecule has 0 N–H and O–H groups in total. The van der Waals surface area contributed by atoms with Gasteiger partial charge in [-0.05, 0) is 25.8 Å². The molecule has 1 rings (SSSR count). The van der Waals surface area contributed by atoms with Crippen LogP contribution in [0, 0.1) is 0 Å². The zero-order chi connectivity index (χ0) is 5.98. The minimum atomic E-state index is -0.750. The highest BCUT2D eigenvalue weighted by atomic mass is 28.2. The van der Waals surface area contributed by atoms with Crippen molar-refractivity contribution in [3.63, 3.8) is 0 Å². The highest BCUT2D eigenvalue weighted by Crippen LogP contribution is 2.14. The lowest BCUT2D eigenvalue weighted by molar-refractivity contribution is 0.125. The van der Waals surface area contributed by atoms with Crippen LogP contribution < -0.4 is 0 Å². The summed E-state index contributed by atoms with van der Waals surface area (Å²) in [5.41, 5.74) is 0. The summed E-state index contributed by atoms with van der Waals surface area (Å²) in [4.78, 5) is 0. The Morgan fingerprint density at radius 1 is 1.50 bits per heavy atom. The molecule has 8 heavy (non-hydrogen) atoms. The summed E-state index contributed by atoms with van der Waals surface area (Å²) in [6, 6.07) is 0. The quantitative estimate of drug-likeness (QED) is 0.347. The first-order valence-electron chi connectivity index (χ1n) is 2.92. The van der Waals surface area contributed by atoms with Crippen LogP contribution in [0.15, 0.2) is 0 Å². The van der Waals surface area contributed by atoms with Gasteiger partial charge in [0.15, 0.2) is 0 Å². The van der Waals surface area contributed by atoms with Gasteiger partial charge in [0.25, 0.3) is 0 Å². The number of rotatable bonds is 0. The van der Waals surface area contributed by atoms with Gasteiger partial charge in [0.1, 0.15) is 16.7 Å². The molecule has 1 aliphatic heterocycles. The van der Waals surface area contributed by atoms with E-state index in [9.17, 15) is 4.39 Å². The molecule has 1 nitrogen and oxygen atoms in total. The van der Waals surface area contributed by atoms with Crippen LogP contribution in [-0.2, 0) is 0 Å². The van der Waals surface area contributed by atoms with E-state index in [2.05, 4.69) is 10.4 Å². The summed E-state index contributed by atoms with van der Waals surface area (Å²) in [5, 5.41) is 0. The van der Waals surface area contributed by atoms with Gasteiger partial charge in [0.2, 0.25) is 0 Å². The smallest absolute Gasteiger partial charge is 0.147 e. The van der Waals surface area contributed by atoms with Gasteiger partial charge in [0, 0.05) is 0 Å². The van der Waals surface area contributed by atoms with Crippen molar-refractivity contribution in [3.05, 3.63) is 0 Å². The van der Waals surface area contributed by atoms with Crippen molar-refractivity contribution in [3.8, 4) is 0 Å². The average molecular weight is 130 g/mol. The summed E-state index contributed by atoms with van der Waals surface area (Å²) in [5.74, 6) is 0. The number of hydrogen-bond acceptors (Lipinski definition) is 1. The van der Waals surface area contributed by atoms with E-state index in [0.717, 1.165) is 19.4 Å². The molecule has 1 saturated heterocycles.